The quantitative estimate of drug-likeness (QED) is 0.525. The summed E-state index contributed by atoms with van der Waals surface area (Å²) in [5.74, 6) is 2.20. The Morgan fingerprint density at radius 2 is 1.67 bits per heavy atom. The van der Waals surface area contributed by atoms with Crippen molar-refractivity contribution in [3.05, 3.63) is 60.2 Å². The number of benzene rings is 2. The number of rotatable bonds is 9. The molecule has 0 saturated carbocycles. The summed E-state index contributed by atoms with van der Waals surface area (Å²) in [7, 11) is 4.79. The number of thioether (sulfide) groups is 1. The first-order valence-corrected chi connectivity index (χ1v) is 10.2. The Balaban J connectivity index is 1.55. The van der Waals surface area contributed by atoms with Crippen LogP contribution in [-0.2, 0) is 11.3 Å². The maximum Gasteiger partial charge on any atom is 0.230 e. The van der Waals surface area contributed by atoms with E-state index in [9.17, 15) is 4.79 Å². The van der Waals surface area contributed by atoms with Crippen molar-refractivity contribution in [1.82, 2.24) is 15.5 Å². The van der Waals surface area contributed by atoms with E-state index in [0.29, 0.717) is 28.8 Å². The molecule has 156 valence electrons. The molecule has 0 atom stereocenters. The van der Waals surface area contributed by atoms with Gasteiger partial charge in [0.2, 0.25) is 5.91 Å². The first kappa shape index (κ1) is 21.4. The van der Waals surface area contributed by atoms with Crippen LogP contribution in [0, 0.1) is 0 Å². The van der Waals surface area contributed by atoms with Gasteiger partial charge < -0.3 is 19.5 Å². The SMILES string of the molecule is COc1ccccc1CNC(=O)CSc1ccc(-c2ccc(OC)c(OC)c2)nn1. The minimum absolute atomic E-state index is 0.0864. The van der Waals surface area contributed by atoms with Gasteiger partial charge in [-0.3, -0.25) is 4.79 Å². The molecule has 0 aliphatic rings. The van der Waals surface area contributed by atoms with Crippen molar-refractivity contribution in [1.29, 1.82) is 0 Å². The zero-order valence-corrected chi connectivity index (χ0v) is 17.9. The van der Waals surface area contributed by atoms with E-state index in [2.05, 4.69) is 15.5 Å². The third kappa shape index (κ3) is 5.42. The summed E-state index contributed by atoms with van der Waals surface area (Å²) in [5.41, 5.74) is 2.50. The van der Waals surface area contributed by atoms with Gasteiger partial charge in [-0.2, -0.15) is 0 Å². The summed E-state index contributed by atoms with van der Waals surface area (Å²) < 4.78 is 15.9. The number of nitrogens with one attached hydrogen (secondary N) is 1. The van der Waals surface area contributed by atoms with Gasteiger partial charge in [0.25, 0.3) is 0 Å². The molecular weight excluding hydrogens is 402 g/mol. The van der Waals surface area contributed by atoms with Crippen molar-refractivity contribution in [2.75, 3.05) is 27.1 Å². The first-order chi connectivity index (χ1) is 14.6. The van der Waals surface area contributed by atoms with Gasteiger partial charge in [0.1, 0.15) is 10.8 Å². The van der Waals surface area contributed by atoms with Crippen molar-refractivity contribution in [2.45, 2.75) is 11.6 Å². The van der Waals surface area contributed by atoms with Gasteiger partial charge in [-0.15, -0.1) is 10.2 Å². The van der Waals surface area contributed by atoms with Crippen LogP contribution in [0.4, 0.5) is 0 Å². The Bertz CT molecular complexity index is 996. The highest BCUT2D eigenvalue weighted by Gasteiger charge is 2.10. The average Bonchev–Trinajstić information content (AvgIpc) is 2.81. The molecule has 1 heterocycles. The molecule has 0 unspecified atom stereocenters. The highest BCUT2D eigenvalue weighted by Crippen LogP contribution is 2.31. The van der Waals surface area contributed by atoms with Crippen LogP contribution in [0.5, 0.6) is 17.2 Å². The van der Waals surface area contributed by atoms with E-state index in [0.717, 1.165) is 16.9 Å². The van der Waals surface area contributed by atoms with Crippen LogP contribution in [0.3, 0.4) is 0 Å². The van der Waals surface area contributed by atoms with Crippen molar-refractivity contribution in [3.8, 4) is 28.5 Å². The lowest BCUT2D eigenvalue weighted by atomic mass is 10.1. The third-order valence-corrected chi connectivity index (χ3v) is 5.26. The predicted molar refractivity (Wildman–Crippen MR) is 116 cm³/mol. The number of carbonyl (C=O) groups is 1. The fraction of sp³-hybridized carbons (Fsp3) is 0.227. The lowest BCUT2D eigenvalue weighted by molar-refractivity contribution is -0.118. The van der Waals surface area contributed by atoms with Gasteiger partial charge in [0, 0.05) is 17.7 Å². The second-order valence-electron chi connectivity index (χ2n) is 6.20. The molecule has 0 radical (unpaired) electrons. The monoisotopic (exact) mass is 425 g/mol. The Morgan fingerprint density at radius 3 is 2.37 bits per heavy atom. The fourth-order valence-corrected chi connectivity index (χ4v) is 3.42. The van der Waals surface area contributed by atoms with Crippen molar-refractivity contribution in [2.24, 2.45) is 0 Å². The highest BCUT2D eigenvalue weighted by atomic mass is 32.2. The second-order valence-corrected chi connectivity index (χ2v) is 7.20. The van der Waals surface area contributed by atoms with Crippen molar-refractivity contribution in [3.63, 3.8) is 0 Å². The molecule has 0 spiro atoms. The number of methoxy groups -OCH3 is 3. The molecule has 3 aromatic rings. The number of nitrogens with zero attached hydrogens (tertiary/aromatic N) is 2. The zero-order valence-electron chi connectivity index (χ0n) is 17.0. The van der Waals surface area contributed by atoms with Crippen LogP contribution in [0.2, 0.25) is 0 Å². The van der Waals surface area contributed by atoms with Crippen LogP contribution in [0.1, 0.15) is 5.56 Å². The minimum Gasteiger partial charge on any atom is -0.496 e. The summed E-state index contributed by atoms with van der Waals surface area (Å²) in [6, 6.07) is 16.9. The lowest BCUT2D eigenvalue weighted by Crippen LogP contribution is -2.24. The molecule has 7 nitrogen and oxygen atoms in total. The minimum atomic E-state index is -0.0864. The third-order valence-electron chi connectivity index (χ3n) is 4.34. The molecule has 1 N–H and O–H groups in total. The van der Waals surface area contributed by atoms with Crippen molar-refractivity contribution < 1.29 is 19.0 Å². The van der Waals surface area contributed by atoms with Gasteiger partial charge in [-0.25, -0.2) is 0 Å². The number of amides is 1. The van der Waals surface area contributed by atoms with Crippen LogP contribution in [-0.4, -0.2) is 43.2 Å². The smallest absolute Gasteiger partial charge is 0.230 e. The van der Waals surface area contributed by atoms with Crippen LogP contribution in [0.25, 0.3) is 11.3 Å². The number of aromatic nitrogens is 2. The number of ether oxygens (including phenoxy) is 3. The molecule has 0 fully saturated rings. The van der Waals surface area contributed by atoms with E-state index in [1.165, 1.54) is 11.8 Å². The Labute approximate surface area is 179 Å². The largest absolute Gasteiger partial charge is 0.496 e. The fourth-order valence-electron chi connectivity index (χ4n) is 2.78. The summed E-state index contributed by atoms with van der Waals surface area (Å²) in [6.07, 6.45) is 0. The van der Waals surface area contributed by atoms with Gasteiger partial charge >= 0.3 is 0 Å². The maximum atomic E-state index is 12.2. The zero-order chi connectivity index (χ0) is 21.3. The summed E-state index contributed by atoms with van der Waals surface area (Å²) >= 11 is 1.33. The van der Waals surface area contributed by atoms with E-state index < -0.39 is 0 Å². The van der Waals surface area contributed by atoms with Gasteiger partial charge in [-0.05, 0) is 36.4 Å². The maximum absolute atomic E-state index is 12.2. The van der Waals surface area contributed by atoms with E-state index in [1.54, 1.807) is 21.3 Å². The number of hydrogen-bond acceptors (Lipinski definition) is 7. The van der Waals surface area contributed by atoms with Crippen molar-refractivity contribution >= 4 is 17.7 Å². The topological polar surface area (TPSA) is 82.6 Å². The molecule has 0 saturated heterocycles. The van der Waals surface area contributed by atoms with E-state index >= 15 is 0 Å². The lowest BCUT2D eigenvalue weighted by Gasteiger charge is -2.10. The number of hydrogen-bond donors (Lipinski definition) is 1. The normalized spacial score (nSPS) is 10.4. The molecule has 1 aromatic heterocycles. The Morgan fingerprint density at radius 1 is 0.900 bits per heavy atom. The van der Waals surface area contributed by atoms with Crippen LogP contribution in [0.15, 0.2) is 59.6 Å². The summed E-state index contributed by atoms with van der Waals surface area (Å²) in [4.78, 5) is 12.2. The molecule has 2 aromatic carbocycles. The molecule has 0 aliphatic carbocycles. The van der Waals surface area contributed by atoms with Gasteiger partial charge in [0.15, 0.2) is 11.5 Å². The average molecular weight is 426 g/mol. The Hall–Kier alpha value is -3.26. The molecular formula is C22H23N3O4S. The molecule has 3 rings (SSSR count). The van der Waals surface area contributed by atoms with Gasteiger partial charge in [0.05, 0.1) is 32.8 Å². The number of para-hydroxylation sites is 1. The van der Waals surface area contributed by atoms with E-state index in [4.69, 9.17) is 14.2 Å². The van der Waals surface area contributed by atoms with E-state index in [-0.39, 0.29) is 11.7 Å². The van der Waals surface area contributed by atoms with E-state index in [1.807, 2.05) is 54.6 Å². The van der Waals surface area contributed by atoms with Gasteiger partial charge in [-0.1, -0.05) is 30.0 Å². The predicted octanol–water partition coefficient (Wildman–Crippen LogP) is 3.58. The Kier molecular flexibility index (Phi) is 7.51. The van der Waals surface area contributed by atoms with Crippen LogP contribution < -0.4 is 19.5 Å². The summed E-state index contributed by atoms with van der Waals surface area (Å²) in [6.45, 7) is 0.410. The second kappa shape index (κ2) is 10.5. The molecule has 1 amide bonds. The molecule has 0 aliphatic heterocycles. The molecule has 0 bridgehead atoms. The molecule has 30 heavy (non-hydrogen) atoms. The number of carbonyl (C=O) groups excluding carboxylic acids is 1. The van der Waals surface area contributed by atoms with Crippen LogP contribution >= 0.6 is 11.8 Å². The molecule has 8 heteroatoms. The summed E-state index contributed by atoms with van der Waals surface area (Å²) in [5, 5.41) is 12.0. The first-order valence-electron chi connectivity index (χ1n) is 9.22. The highest BCUT2D eigenvalue weighted by molar-refractivity contribution is 7.99. The standard InChI is InChI=1S/C22H23N3O4S/c1-27-18-7-5-4-6-16(18)13-23-21(26)14-30-22-11-9-17(24-25-22)15-8-10-19(28-2)20(12-15)29-3/h4-12H,13-14H2,1-3H3,(H,23,26).